The van der Waals surface area contributed by atoms with Crippen LogP contribution in [-0.2, 0) is 14.9 Å². The summed E-state index contributed by atoms with van der Waals surface area (Å²) in [4.78, 5) is 0. The highest BCUT2D eigenvalue weighted by Crippen LogP contribution is 2.08. The van der Waals surface area contributed by atoms with Crippen molar-refractivity contribution < 1.29 is 13.0 Å². The molecule has 0 spiro atoms. The van der Waals surface area contributed by atoms with Crippen molar-refractivity contribution in [2.24, 2.45) is 0 Å². The van der Waals surface area contributed by atoms with Gasteiger partial charge in [-0.1, -0.05) is 56.9 Å². The molecule has 0 aliphatic heterocycles. The van der Waals surface area contributed by atoms with Crippen LogP contribution in [0.2, 0.25) is 0 Å². The molecule has 0 saturated heterocycles. The lowest BCUT2D eigenvalue weighted by atomic mass is 10.2. The van der Waals surface area contributed by atoms with E-state index in [2.05, 4.69) is 13.8 Å². The third-order valence-corrected chi connectivity index (χ3v) is 3.84. The van der Waals surface area contributed by atoms with Gasteiger partial charge in [0.25, 0.3) is 0 Å². The van der Waals surface area contributed by atoms with Crippen LogP contribution in [0, 0.1) is 0 Å². The highest BCUT2D eigenvalue weighted by Gasteiger charge is 2.19. The third-order valence-electron chi connectivity index (χ3n) is 2.84. The Balaban J connectivity index is 3.90. The Morgan fingerprint density at radius 2 is 1.18 bits per heavy atom. The SMILES string of the molecule is CCCCCCN(CCCCCC)S([O])(=O)=O. The van der Waals surface area contributed by atoms with E-state index in [1.165, 1.54) is 0 Å². The lowest BCUT2D eigenvalue weighted by Gasteiger charge is -2.17. The van der Waals surface area contributed by atoms with Crippen LogP contribution in [0.25, 0.3) is 0 Å². The Bertz CT molecular complexity index is 253. The number of rotatable bonds is 11. The summed E-state index contributed by atoms with van der Waals surface area (Å²) in [6, 6.07) is 0. The first-order valence-corrected chi connectivity index (χ1v) is 8.09. The van der Waals surface area contributed by atoms with E-state index in [1.807, 2.05) is 0 Å². The predicted octanol–water partition coefficient (Wildman–Crippen LogP) is 3.12. The Labute approximate surface area is 106 Å². The molecule has 0 amide bonds. The lowest BCUT2D eigenvalue weighted by Crippen LogP contribution is -2.31. The topological polar surface area (TPSA) is 57.3 Å². The molecule has 0 heterocycles. The summed E-state index contributed by atoms with van der Waals surface area (Å²) < 4.78 is 34.2. The molecule has 0 unspecified atom stereocenters. The second-order valence-corrected chi connectivity index (χ2v) is 5.85. The maximum Gasteiger partial charge on any atom is 0.365 e. The summed E-state index contributed by atoms with van der Waals surface area (Å²) in [7, 11) is -4.26. The van der Waals surface area contributed by atoms with E-state index in [4.69, 9.17) is 0 Å². The van der Waals surface area contributed by atoms with Crippen molar-refractivity contribution >= 4 is 10.3 Å². The van der Waals surface area contributed by atoms with Crippen molar-refractivity contribution in [2.75, 3.05) is 13.1 Å². The van der Waals surface area contributed by atoms with E-state index in [9.17, 15) is 13.0 Å². The summed E-state index contributed by atoms with van der Waals surface area (Å²) in [5, 5.41) is 0. The van der Waals surface area contributed by atoms with Gasteiger partial charge in [0.15, 0.2) is 0 Å². The summed E-state index contributed by atoms with van der Waals surface area (Å²) in [6.07, 6.45) is 8.01. The van der Waals surface area contributed by atoms with Gasteiger partial charge in [0.1, 0.15) is 0 Å². The predicted molar refractivity (Wildman–Crippen MR) is 69.5 cm³/mol. The first kappa shape index (κ1) is 16.9. The number of nitrogens with zero attached hydrogens (tertiary/aromatic N) is 1. The Kier molecular flexibility index (Phi) is 9.78. The van der Waals surface area contributed by atoms with E-state index in [-0.39, 0.29) is 0 Å². The summed E-state index contributed by atoms with van der Waals surface area (Å²) in [5.41, 5.74) is 0. The van der Waals surface area contributed by atoms with Gasteiger partial charge in [-0.15, -0.1) is 0 Å². The quantitative estimate of drug-likeness (QED) is 0.538. The molecule has 0 aromatic heterocycles. The molecule has 5 heteroatoms. The van der Waals surface area contributed by atoms with E-state index in [1.54, 1.807) is 0 Å². The van der Waals surface area contributed by atoms with Gasteiger partial charge in [0, 0.05) is 13.1 Å². The number of unbranched alkanes of at least 4 members (excludes halogenated alkanes) is 6. The fourth-order valence-corrected chi connectivity index (χ4v) is 2.47. The zero-order chi connectivity index (χ0) is 13.1. The lowest BCUT2D eigenvalue weighted by molar-refractivity contribution is 0.306. The van der Waals surface area contributed by atoms with Crippen LogP contribution in [0.15, 0.2) is 0 Å². The van der Waals surface area contributed by atoms with Crippen molar-refractivity contribution in [3.05, 3.63) is 0 Å². The van der Waals surface area contributed by atoms with Gasteiger partial charge >= 0.3 is 10.3 Å². The van der Waals surface area contributed by atoms with Crippen molar-refractivity contribution in [2.45, 2.75) is 65.2 Å². The van der Waals surface area contributed by atoms with Crippen LogP contribution in [0.3, 0.4) is 0 Å². The second-order valence-electron chi connectivity index (χ2n) is 4.48. The van der Waals surface area contributed by atoms with Gasteiger partial charge in [-0.2, -0.15) is 12.7 Å². The minimum absolute atomic E-state index is 0.387. The van der Waals surface area contributed by atoms with Crippen molar-refractivity contribution in [3.8, 4) is 0 Å². The van der Waals surface area contributed by atoms with E-state index >= 15 is 0 Å². The summed E-state index contributed by atoms with van der Waals surface area (Å²) in [5.74, 6) is 0. The fourth-order valence-electron chi connectivity index (χ4n) is 1.77. The molecule has 1 radical (unpaired) electrons. The summed E-state index contributed by atoms with van der Waals surface area (Å²) in [6.45, 7) is 4.98. The summed E-state index contributed by atoms with van der Waals surface area (Å²) >= 11 is 0. The third kappa shape index (κ3) is 9.56. The van der Waals surface area contributed by atoms with E-state index in [0.29, 0.717) is 13.1 Å². The minimum Gasteiger partial charge on any atom is -0.179 e. The average Bonchev–Trinajstić information content (AvgIpc) is 2.25. The molecule has 0 aliphatic rings. The van der Waals surface area contributed by atoms with Crippen LogP contribution in [0.5, 0.6) is 0 Å². The maximum atomic E-state index is 11.0. The molecule has 0 rings (SSSR count). The van der Waals surface area contributed by atoms with Crippen molar-refractivity contribution in [3.63, 3.8) is 0 Å². The zero-order valence-corrected chi connectivity index (χ0v) is 12.0. The van der Waals surface area contributed by atoms with Gasteiger partial charge in [-0.3, -0.25) is 0 Å². The van der Waals surface area contributed by atoms with Crippen LogP contribution in [0.4, 0.5) is 0 Å². The normalized spacial score (nSPS) is 12.2. The smallest absolute Gasteiger partial charge is 0.179 e. The molecule has 103 valence electrons. The molecule has 17 heavy (non-hydrogen) atoms. The molecule has 0 atom stereocenters. The molecular formula is C12H26NO3S. The molecule has 0 aromatic carbocycles. The maximum absolute atomic E-state index is 11.0. The largest absolute Gasteiger partial charge is 0.365 e. The Hall–Kier alpha value is -0.130. The van der Waals surface area contributed by atoms with Crippen LogP contribution in [0.1, 0.15) is 65.2 Å². The zero-order valence-electron chi connectivity index (χ0n) is 11.2. The van der Waals surface area contributed by atoms with Crippen LogP contribution < -0.4 is 0 Å². The monoisotopic (exact) mass is 264 g/mol. The molecule has 0 aromatic rings. The first-order valence-electron chi connectivity index (χ1n) is 6.73. The van der Waals surface area contributed by atoms with E-state index in [0.717, 1.165) is 55.7 Å². The van der Waals surface area contributed by atoms with Crippen molar-refractivity contribution in [1.82, 2.24) is 4.31 Å². The molecular weight excluding hydrogens is 238 g/mol. The average molecular weight is 264 g/mol. The fraction of sp³-hybridized carbons (Fsp3) is 1.00. The van der Waals surface area contributed by atoms with E-state index < -0.39 is 10.3 Å². The van der Waals surface area contributed by atoms with Gasteiger partial charge in [-0.05, 0) is 12.8 Å². The minimum atomic E-state index is -4.26. The Morgan fingerprint density at radius 1 is 0.765 bits per heavy atom. The molecule has 0 N–H and O–H groups in total. The Morgan fingerprint density at radius 3 is 1.47 bits per heavy atom. The molecule has 0 saturated carbocycles. The first-order chi connectivity index (χ1) is 8.02. The van der Waals surface area contributed by atoms with Gasteiger partial charge in [0.05, 0.1) is 0 Å². The van der Waals surface area contributed by atoms with Crippen molar-refractivity contribution in [1.29, 1.82) is 0 Å². The molecule has 0 bridgehead atoms. The highest BCUT2D eigenvalue weighted by atomic mass is 32.2. The molecule has 0 fully saturated rings. The van der Waals surface area contributed by atoms with Crippen LogP contribution >= 0.6 is 0 Å². The molecule has 0 aliphatic carbocycles. The second kappa shape index (κ2) is 9.85. The van der Waals surface area contributed by atoms with Gasteiger partial charge < -0.3 is 0 Å². The highest BCUT2D eigenvalue weighted by molar-refractivity contribution is 7.83. The van der Waals surface area contributed by atoms with Gasteiger partial charge in [-0.25, -0.2) is 0 Å². The number of hydrogen-bond acceptors (Lipinski definition) is 2. The van der Waals surface area contributed by atoms with Gasteiger partial charge in [0.2, 0.25) is 0 Å². The van der Waals surface area contributed by atoms with Crippen LogP contribution in [-0.4, -0.2) is 25.8 Å². The standard InChI is InChI=1S/C12H26NO3S/c1-3-5-7-9-11-13(17(14,15)16)12-10-8-6-4-2/h3-12H2,1-2H3. The number of hydrogen-bond donors (Lipinski definition) is 0. The molecule has 4 nitrogen and oxygen atoms in total.